The number of carbonyl (C=O) groups excluding carboxylic acids is 1. The lowest BCUT2D eigenvalue weighted by Gasteiger charge is -2.37. The summed E-state index contributed by atoms with van der Waals surface area (Å²) in [7, 11) is 0. The van der Waals surface area contributed by atoms with Crippen molar-refractivity contribution in [1.29, 1.82) is 0 Å². The molecule has 1 saturated heterocycles. The van der Waals surface area contributed by atoms with Gasteiger partial charge in [-0.05, 0) is 50.8 Å². The number of rotatable bonds is 6. The molecule has 0 bridgehead atoms. The molecule has 3 nitrogen and oxygen atoms in total. The molecule has 1 aliphatic heterocycles. The van der Waals surface area contributed by atoms with Gasteiger partial charge in [0.05, 0.1) is 0 Å². The number of carbonyl (C=O) groups is 1. The Morgan fingerprint density at radius 3 is 2.58 bits per heavy atom. The molecule has 1 unspecified atom stereocenters. The van der Waals surface area contributed by atoms with Gasteiger partial charge in [0.15, 0.2) is 0 Å². The Morgan fingerprint density at radius 2 is 2.04 bits per heavy atom. The standard InChI is InChI=1S/C17H22BrF3N2O/c1-16(2)11-15(24)22-23(16)14(17(19,20)21)9-4-3-6-12-7-5-8-13(18)10-12/h5,7-8,10,14H,3-4,6,9,11H2,1-2H3,(H,22,24). The molecule has 1 aromatic carbocycles. The van der Waals surface area contributed by atoms with Crippen molar-refractivity contribution in [2.45, 2.75) is 63.7 Å². The number of hydrogen-bond acceptors (Lipinski definition) is 2. The molecule has 1 heterocycles. The fourth-order valence-electron chi connectivity index (χ4n) is 3.10. The summed E-state index contributed by atoms with van der Waals surface area (Å²) in [6.07, 6.45) is -2.46. The van der Waals surface area contributed by atoms with E-state index in [1.165, 1.54) is 0 Å². The van der Waals surface area contributed by atoms with Crippen molar-refractivity contribution < 1.29 is 18.0 Å². The number of alkyl halides is 3. The molecule has 1 aliphatic rings. The van der Waals surface area contributed by atoms with Crippen LogP contribution in [0.3, 0.4) is 0 Å². The Kier molecular flexibility index (Phi) is 5.96. The molecule has 2 rings (SSSR count). The predicted molar refractivity (Wildman–Crippen MR) is 90.2 cm³/mol. The summed E-state index contributed by atoms with van der Waals surface area (Å²) in [4.78, 5) is 11.5. The first-order valence-electron chi connectivity index (χ1n) is 7.99. The van der Waals surface area contributed by atoms with Crippen LogP contribution in [0.4, 0.5) is 13.2 Å². The van der Waals surface area contributed by atoms with Crippen LogP contribution in [0.25, 0.3) is 0 Å². The van der Waals surface area contributed by atoms with E-state index >= 15 is 0 Å². The minimum atomic E-state index is -4.37. The highest BCUT2D eigenvalue weighted by Gasteiger charge is 2.51. The number of amides is 1. The minimum absolute atomic E-state index is 0.0266. The third-order valence-corrected chi connectivity index (χ3v) is 4.76. The monoisotopic (exact) mass is 406 g/mol. The van der Waals surface area contributed by atoms with Crippen molar-refractivity contribution in [3.63, 3.8) is 0 Å². The number of nitrogens with zero attached hydrogens (tertiary/aromatic N) is 1. The number of nitrogens with one attached hydrogen (secondary N) is 1. The topological polar surface area (TPSA) is 32.3 Å². The first-order chi connectivity index (χ1) is 11.1. The lowest BCUT2D eigenvalue weighted by molar-refractivity contribution is -0.202. The third kappa shape index (κ3) is 4.96. The SMILES string of the molecule is CC1(C)CC(=O)NN1C(CCCCc1cccc(Br)c1)C(F)(F)F. The van der Waals surface area contributed by atoms with E-state index in [1.807, 2.05) is 24.3 Å². The molecule has 7 heteroatoms. The molecule has 0 aromatic heterocycles. The summed E-state index contributed by atoms with van der Waals surface area (Å²) < 4.78 is 41.3. The molecule has 1 N–H and O–H groups in total. The fourth-order valence-corrected chi connectivity index (χ4v) is 3.55. The van der Waals surface area contributed by atoms with Crippen LogP contribution in [-0.2, 0) is 11.2 Å². The minimum Gasteiger partial charge on any atom is -0.288 e. The highest BCUT2D eigenvalue weighted by Crippen LogP contribution is 2.35. The van der Waals surface area contributed by atoms with E-state index in [0.717, 1.165) is 21.5 Å². The molecule has 134 valence electrons. The Morgan fingerprint density at radius 1 is 1.33 bits per heavy atom. The second-order valence-electron chi connectivity index (χ2n) is 6.83. The molecule has 0 aliphatic carbocycles. The van der Waals surface area contributed by atoms with Crippen LogP contribution in [0.2, 0.25) is 0 Å². The van der Waals surface area contributed by atoms with Crippen LogP contribution < -0.4 is 5.43 Å². The van der Waals surface area contributed by atoms with Crippen molar-refractivity contribution in [2.75, 3.05) is 0 Å². The number of benzene rings is 1. The zero-order valence-corrected chi connectivity index (χ0v) is 15.4. The summed E-state index contributed by atoms with van der Waals surface area (Å²) in [6.45, 7) is 3.32. The van der Waals surface area contributed by atoms with Gasteiger partial charge in [-0.1, -0.05) is 34.5 Å². The Labute approximate surface area is 148 Å². The molecular formula is C17H22BrF3N2O. The van der Waals surface area contributed by atoms with Gasteiger partial charge in [0.25, 0.3) is 0 Å². The van der Waals surface area contributed by atoms with E-state index in [-0.39, 0.29) is 18.7 Å². The molecule has 24 heavy (non-hydrogen) atoms. The Bertz CT molecular complexity index is 589. The van der Waals surface area contributed by atoms with E-state index in [1.54, 1.807) is 13.8 Å². The highest BCUT2D eigenvalue weighted by molar-refractivity contribution is 9.10. The molecule has 1 aromatic rings. The van der Waals surface area contributed by atoms with Gasteiger partial charge in [0, 0.05) is 16.4 Å². The van der Waals surface area contributed by atoms with Crippen LogP contribution >= 0.6 is 15.9 Å². The Balaban J connectivity index is 1.94. The molecular weight excluding hydrogens is 385 g/mol. The summed E-state index contributed by atoms with van der Waals surface area (Å²) in [5.41, 5.74) is 2.65. The predicted octanol–water partition coefficient (Wildman–Crippen LogP) is 4.61. The Hall–Kier alpha value is -1.08. The van der Waals surface area contributed by atoms with Crippen LogP contribution in [-0.4, -0.2) is 28.7 Å². The summed E-state index contributed by atoms with van der Waals surface area (Å²) in [5.74, 6) is -0.358. The van der Waals surface area contributed by atoms with Gasteiger partial charge in [-0.3, -0.25) is 10.2 Å². The number of halogens is 4. The summed E-state index contributed by atoms with van der Waals surface area (Å²) in [5, 5.41) is 1.09. The average molecular weight is 407 g/mol. The van der Waals surface area contributed by atoms with Gasteiger partial charge in [-0.15, -0.1) is 0 Å². The van der Waals surface area contributed by atoms with E-state index in [9.17, 15) is 18.0 Å². The molecule has 1 atom stereocenters. The molecule has 1 fully saturated rings. The van der Waals surface area contributed by atoms with Crippen molar-refractivity contribution in [1.82, 2.24) is 10.4 Å². The largest absolute Gasteiger partial charge is 0.405 e. The molecule has 1 amide bonds. The van der Waals surface area contributed by atoms with E-state index in [4.69, 9.17) is 0 Å². The first kappa shape index (κ1) is 19.2. The fraction of sp³-hybridized carbons (Fsp3) is 0.588. The van der Waals surface area contributed by atoms with Crippen LogP contribution in [0.15, 0.2) is 28.7 Å². The lowest BCUT2D eigenvalue weighted by Crippen LogP contribution is -2.56. The van der Waals surface area contributed by atoms with Crippen LogP contribution in [0.1, 0.15) is 45.1 Å². The second-order valence-corrected chi connectivity index (χ2v) is 7.74. The van der Waals surface area contributed by atoms with Crippen LogP contribution in [0, 0.1) is 0 Å². The van der Waals surface area contributed by atoms with Gasteiger partial charge in [-0.2, -0.15) is 13.2 Å². The van der Waals surface area contributed by atoms with Crippen LogP contribution in [0.5, 0.6) is 0 Å². The van der Waals surface area contributed by atoms with Gasteiger partial charge in [0.2, 0.25) is 5.91 Å². The van der Waals surface area contributed by atoms with Gasteiger partial charge >= 0.3 is 6.18 Å². The quantitative estimate of drug-likeness (QED) is 0.699. The van der Waals surface area contributed by atoms with E-state index < -0.39 is 17.8 Å². The maximum atomic E-state index is 13.4. The first-order valence-corrected chi connectivity index (χ1v) is 8.79. The molecule has 0 saturated carbocycles. The van der Waals surface area contributed by atoms with Gasteiger partial charge in [-0.25, -0.2) is 5.01 Å². The number of hydrazine groups is 1. The molecule has 0 radical (unpaired) electrons. The zero-order chi connectivity index (χ0) is 18.0. The summed E-state index contributed by atoms with van der Waals surface area (Å²) >= 11 is 3.39. The third-order valence-electron chi connectivity index (χ3n) is 4.26. The van der Waals surface area contributed by atoms with E-state index in [0.29, 0.717) is 12.8 Å². The van der Waals surface area contributed by atoms with E-state index in [2.05, 4.69) is 21.4 Å². The number of hydrogen-bond donors (Lipinski definition) is 1. The maximum absolute atomic E-state index is 13.4. The normalized spacial score (nSPS) is 19.3. The average Bonchev–Trinajstić information content (AvgIpc) is 2.70. The van der Waals surface area contributed by atoms with Gasteiger partial charge < -0.3 is 0 Å². The number of unbranched alkanes of at least 4 members (excludes halogenated alkanes) is 1. The van der Waals surface area contributed by atoms with Crippen molar-refractivity contribution >= 4 is 21.8 Å². The van der Waals surface area contributed by atoms with Crippen molar-refractivity contribution in [3.8, 4) is 0 Å². The second kappa shape index (κ2) is 7.44. The zero-order valence-electron chi connectivity index (χ0n) is 13.8. The molecule has 0 spiro atoms. The highest BCUT2D eigenvalue weighted by atomic mass is 79.9. The summed E-state index contributed by atoms with van der Waals surface area (Å²) in [6, 6.07) is 6.13. The smallest absolute Gasteiger partial charge is 0.288 e. The van der Waals surface area contributed by atoms with Crippen molar-refractivity contribution in [3.05, 3.63) is 34.3 Å². The number of aryl methyl sites for hydroxylation is 1. The lowest BCUT2D eigenvalue weighted by atomic mass is 9.97. The van der Waals surface area contributed by atoms with Crippen molar-refractivity contribution in [2.24, 2.45) is 0 Å². The maximum Gasteiger partial charge on any atom is 0.405 e. The van der Waals surface area contributed by atoms with Gasteiger partial charge in [0.1, 0.15) is 6.04 Å².